The topological polar surface area (TPSA) is 124 Å². The number of nitrogens with one attached hydrogen (secondary N) is 1. The van der Waals surface area contributed by atoms with Gasteiger partial charge in [0.15, 0.2) is 16.8 Å². The van der Waals surface area contributed by atoms with E-state index < -0.39 is 24.0 Å². The van der Waals surface area contributed by atoms with Crippen molar-refractivity contribution < 1.29 is 36.6 Å². The van der Waals surface area contributed by atoms with Gasteiger partial charge in [-0.25, -0.2) is 23.8 Å². The fourth-order valence-electron chi connectivity index (χ4n) is 4.19. The Labute approximate surface area is 251 Å². The highest BCUT2D eigenvalue weighted by Crippen LogP contribution is 2.35. The molecule has 11 nitrogen and oxygen atoms in total. The van der Waals surface area contributed by atoms with Crippen LogP contribution in [0.4, 0.5) is 33.7 Å². The van der Waals surface area contributed by atoms with Crippen LogP contribution in [0.15, 0.2) is 66.0 Å². The molecule has 0 radical (unpaired) electrons. The fourth-order valence-corrected chi connectivity index (χ4v) is 5.05. The van der Waals surface area contributed by atoms with E-state index in [1.54, 1.807) is 7.11 Å². The third-order valence-corrected chi connectivity index (χ3v) is 7.25. The number of amidine groups is 1. The molecule has 3 amide bonds. The summed E-state index contributed by atoms with van der Waals surface area (Å²) >= 11 is 1.08. The SMILES string of the molecule is COC(C)c1ccc(C)cc1N1C(=O)CSC1=NC(=O)Nc1ccc(-c2ncn(-c3ccc(OC(F)(F)F)cn3)n2)cc1F. The monoisotopic (exact) mass is 629 g/mol. The summed E-state index contributed by atoms with van der Waals surface area (Å²) in [5.74, 6) is -1.26. The molecule has 4 aromatic rings. The molecule has 1 aliphatic rings. The lowest BCUT2D eigenvalue weighted by atomic mass is 10.0. The Bertz CT molecular complexity index is 1740. The first-order valence-corrected chi connectivity index (χ1v) is 13.8. The second-order valence-electron chi connectivity index (χ2n) is 9.39. The number of anilines is 2. The molecule has 0 spiro atoms. The van der Waals surface area contributed by atoms with Gasteiger partial charge in [-0.15, -0.1) is 18.3 Å². The molecule has 2 aromatic carbocycles. The predicted octanol–water partition coefficient (Wildman–Crippen LogP) is 6.05. The van der Waals surface area contributed by atoms with Gasteiger partial charge in [-0.1, -0.05) is 23.9 Å². The lowest BCUT2D eigenvalue weighted by molar-refractivity contribution is -0.274. The molecule has 228 valence electrons. The number of aliphatic imine (C=N–C) groups is 1. The molecule has 1 aliphatic heterocycles. The number of rotatable bonds is 7. The lowest BCUT2D eigenvalue weighted by Crippen LogP contribution is -2.31. The van der Waals surface area contributed by atoms with Crippen LogP contribution in [0.3, 0.4) is 0 Å². The number of nitrogens with zero attached hydrogens (tertiary/aromatic N) is 6. The molecule has 1 saturated heterocycles. The van der Waals surface area contributed by atoms with Gasteiger partial charge in [0.2, 0.25) is 5.91 Å². The standard InChI is InChI=1S/C28H23F4N7O4S/c1-15-4-7-19(16(2)42-3)22(10-15)39-24(40)13-44-27(39)36-26(41)35-21-8-5-17(11-20(21)29)25-34-14-38(37-25)23-9-6-18(12-33-23)43-28(30,31)32/h4-12,14,16H,13H2,1-3H3,(H,35,41). The first-order chi connectivity index (χ1) is 20.9. The molecule has 0 aliphatic carbocycles. The van der Waals surface area contributed by atoms with Crippen LogP contribution in [0.1, 0.15) is 24.2 Å². The van der Waals surface area contributed by atoms with Crippen molar-refractivity contribution in [2.24, 2.45) is 4.99 Å². The molecule has 1 unspecified atom stereocenters. The second kappa shape index (κ2) is 12.4. The van der Waals surface area contributed by atoms with E-state index in [-0.39, 0.29) is 45.8 Å². The Balaban J connectivity index is 1.31. The first kappa shape index (κ1) is 30.6. The van der Waals surface area contributed by atoms with Crippen LogP contribution in [0.2, 0.25) is 0 Å². The zero-order chi connectivity index (χ0) is 31.6. The average molecular weight is 630 g/mol. The number of alkyl halides is 3. The molecule has 1 atom stereocenters. The number of aryl methyl sites for hydroxylation is 1. The maximum absolute atomic E-state index is 15.0. The Kier molecular flexibility index (Phi) is 8.64. The quantitative estimate of drug-likeness (QED) is 0.245. The van der Waals surface area contributed by atoms with Crippen LogP contribution in [-0.2, 0) is 9.53 Å². The van der Waals surface area contributed by atoms with E-state index in [0.29, 0.717) is 5.69 Å². The number of hydrogen-bond donors (Lipinski definition) is 1. The number of thioether (sulfide) groups is 1. The number of benzene rings is 2. The van der Waals surface area contributed by atoms with Crippen molar-refractivity contribution in [3.05, 3.63) is 78.0 Å². The largest absolute Gasteiger partial charge is 0.573 e. The van der Waals surface area contributed by atoms with Gasteiger partial charge in [-0.3, -0.25) is 9.69 Å². The first-order valence-electron chi connectivity index (χ1n) is 12.8. The number of methoxy groups -OCH3 is 1. The van der Waals surface area contributed by atoms with Gasteiger partial charge < -0.3 is 14.8 Å². The second-order valence-corrected chi connectivity index (χ2v) is 10.3. The zero-order valence-corrected chi connectivity index (χ0v) is 24.1. The van der Waals surface area contributed by atoms with Crippen molar-refractivity contribution in [1.29, 1.82) is 0 Å². The Hall–Kier alpha value is -4.83. The molecule has 2 aromatic heterocycles. The number of amides is 3. The average Bonchev–Trinajstić information content (AvgIpc) is 3.60. The van der Waals surface area contributed by atoms with Crippen LogP contribution < -0.4 is 15.0 Å². The molecule has 3 heterocycles. The third-order valence-electron chi connectivity index (χ3n) is 6.33. The number of carbonyl (C=O) groups is 2. The summed E-state index contributed by atoms with van der Waals surface area (Å²) in [6.07, 6.45) is -3.05. The molecular weight excluding hydrogens is 606 g/mol. The highest BCUT2D eigenvalue weighted by Gasteiger charge is 2.33. The summed E-state index contributed by atoms with van der Waals surface area (Å²) in [7, 11) is 1.55. The summed E-state index contributed by atoms with van der Waals surface area (Å²) in [5.41, 5.74) is 2.26. The summed E-state index contributed by atoms with van der Waals surface area (Å²) < 4.78 is 62.6. The Morgan fingerprint density at radius 3 is 2.61 bits per heavy atom. The van der Waals surface area contributed by atoms with Crippen molar-refractivity contribution in [2.45, 2.75) is 26.3 Å². The maximum atomic E-state index is 15.0. The van der Waals surface area contributed by atoms with E-state index in [9.17, 15) is 22.8 Å². The molecule has 1 fully saturated rings. The van der Waals surface area contributed by atoms with Gasteiger partial charge in [0.1, 0.15) is 17.9 Å². The number of halogens is 4. The summed E-state index contributed by atoms with van der Waals surface area (Å²) in [6.45, 7) is 3.71. The van der Waals surface area contributed by atoms with Gasteiger partial charge in [0, 0.05) is 18.2 Å². The fraction of sp³-hybridized carbons (Fsp3) is 0.214. The minimum absolute atomic E-state index is 0.0740. The number of carbonyl (C=O) groups excluding carboxylic acids is 2. The van der Waals surface area contributed by atoms with E-state index in [2.05, 4.69) is 30.1 Å². The molecular formula is C28H23F4N7O4S. The van der Waals surface area contributed by atoms with E-state index >= 15 is 4.39 Å². The molecule has 16 heteroatoms. The number of urea groups is 1. The van der Waals surface area contributed by atoms with E-state index in [1.807, 2.05) is 32.0 Å². The Morgan fingerprint density at radius 1 is 1.14 bits per heavy atom. The zero-order valence-electron chi connectivity index (χ0n) is 23.3. The van der Waals surface area contributed by atoms with Crippen LogP contribution in [0.5, 0.6) is 5.75 Å². The van der Waals surface area contributed by atoms with Crippen LogP contribution in [-0.4, -0.2) is 56.1 Å². The van der Waals surface area contributed by atoms with Crippen molar-refractivity contribution in [3.8, 4) is 23.0 Å². The number of pyridine rings is 1. The summed E-state index contributed by atoms with van der Waals surface area (Å²) in [6, 6.07) is 10.8. The predicted molar refractivity (Wildman–Crippen MR) is 154 cm³/mol. The number of ether oxygens (including phenoxy) is 2. The normalized spacial score (nSPS) is 15.1. The van der Waals surface area contributed by atoms with Crippen LogP contribution in [0.25, 0.3) is 17.2 Å². The molecule has 44 heavy (non-hydrogen) atoms. The van der Waals surface area contributed by atoms with E-state index in [1.165, 1.54) is 34.1 Å². The van der Waals surface area contributed by atoms with E-state index in [4.69, 9.17) is 4.74 Å². The molecule has 0 bridgehead atoms. The van der Waals surface area contributed by atoms with Crippen molar-refractivity contribution >= 4 is 40.2 Å². The smallest absolute Gasteiger partial charge is 0.404 e. The van der Waals surface area contributed by atoms with Crippen molar-refractivity contribution in [3.63, 3.8) is 0 Å². The van der Waals surface area contributed by atoms with Crippen molar-refractivity contribution in [2.75, 3.05) is 23.1 Å². The lowest BCUT2D eigenvalue weighted by Gasteiger charge is -2.23. The summed E-state index contributed by atoms with van der Waals surface area (Å²) in [4.78, 5) is 39.0. The van der Waals surface area contributed by atoms with Crippen LogP contribution >= 0.6 is 11.8 Å². The Morgan fingerprint density at radius 2 is 1.93 bits per heavy atom. The summed E-state index contributed by atoms with van der Waals surface area (Å²) in [5, 5.41) is 6.72. The van der Waals surface area contributed by atoms with Gasteiger partial charge >= 0.3 is 12.4 Å². The molecule has 5 rings (SSSR count). The van der Waals surface area contributed by atoms with Crippen molar-refractivity contribution in [1.82, 2.24) is 19.7 Å². The van der Waals surface area contributed by atoms with Crippen LogP contribution in [0, 0.1) is 12.7 Å². The van der Waals surface area contributed by atoms with Gasteiger partial charge in [0.05, 0.1) is 29.4 Å². The van der Waals surface area contributed by atoms with Gasteiger partial charge in [-0.05, 0) is 55.8 Å². The molecule has 0 saturated carbocycles. The maximum Gasteiger partial charge on any atom is 0.573 e. The minimum Gasteiger partial charge on any atom is -0.404 e. The third kappa shape index (κ3) is 6.86. The molecule has 1 N–H and O–H groups in total. The van der Waals surface area contributed by atoms with Gasteiger partial charge in [-0.2, -0.15) is 4.99 Å². The highest BCUT2D eigenvalue weighted by atomic mass is 32.2. The van der Waals surface area contributed by atoms with E-state index in [0.717, 1.165) is 41.2 Å². The highest BCUT2D eigenvalue weighted by molar-refractivity contribution is 8.15. The number of aromatic nitrogens is 4. The number of hydrogen-bond acceptors (Lipinski definition) is 8. The van der Waals surface area contributed by atoms with Gasteiger partial charge in [0.25, 0.3) is 0 Å². The minimum atomic E-state index is -4.85.